The number of hydrogen-bond donors (Lipinski definition) is 0. The van der Waals surface area contributed by atoms with Gasteiger partial charge in [0.1, 0.15) is 5.82 Å². The molecule has 1 saturated heterocycles. The minimum absolute atomic E-state index is 0.155. The summed E-state index contributed by atoms with van der Waals surface area (Å²) >= 11 is 0. The van der Waals surface area contributed by atoms with Crippen LogP contribution in [0.4, 0.5) is 4.39 Å². The molecule has 1 unspecified atom stereocenters. The number of aromatic nitrogens is 3. The van der Waals surface area contributed by atoms with Crippen LogP contribution < -0.4 is 0 Å². The van der Waals surface area contributed by atoms with Crippen LogP contribution in [0, 0.1) is 5.82 Å². The molecule has 0 saturated carbocycles. The number of hydrogen-bond acceptors (Lipinski definition) is 5. The largest absolute Gasteiger partial charge is 0.420 e. The van der Waals surface area contributed by atoms with Gasteiger partial charge in [-0.05, 0) is 31.2 Å². The van der Waals surface area contributed by atoms with Gasteiger partial charge in [0.05, 0.1) is 11.5 Å². The average molecular weight is 324 g/mol. The molecule has 24 heavy (non-hydrogen) atoms. The Morgan fingerprint density at radius 2 is 2.08 bits per heavy atom. The minimum atomic E-state index is -0.155. The first kappa shape index (κ1) is 15.0. The zero-order valence-electron chi connectivity index (χ0n) is 13.1. The highest BCUT2D eigenvalue weighted by atomic mass is 19.1. The van der Waals surface area contributed by atoms with E-state index in [1.165, 1.54) is 6.07 Å². The molecule has 1 fully saturated rings. The summed E-state index contributed by atoms with van der Waals surface area (Å²) in [5.74, 6) is 1.17. The molecule has 5 nitrogen and oxygen atoms in total. The fraction of sp³-hybridized carbons (Fsp3) is 0.278. The second kappa shape index (κ2) is 6.49. The van der Waals surface area contributed by atoms with E-state index in [4.69, 9.17) is 4.42 Å². The maximum absolute atomic E-state index is 13.8. The Balaban J connectivity index is 1.44. The first-order chi connectivity index (χ1) is 11.8. The Kier molecular flexibility index (Phi) is 4.04. The van der Waals surface area contributed by atoms with E-state index in [1.807, 2.05) is 24.3 Å². The molecule has 0 spiro atoms. The van der Waals surface area contributed by atoms with E-state index in [2.05, 4.69) is 20.1 Å². The molecule has 0 aliphatic carbocycles. The van der Waals surface area contributed by atoms with Crippen molar-refractivity contribution >= 4 is 0 Å². The van der Waals surface area contributed by atoms with Crippen molar-refractivity contribution in [1.82, 2.24) is 20.1 Å². The van der Waals surface area contributed by atoms with Gasteiger partial charge in [0.25, 0.3) is 0 Å². The number of likely N-dealkylation sites (tertiary alicyclic amines) is 1. The molecule has 0 N–H and O–H groups in total. The highest BCUT2D eigenvalue weighted by molar-refractivity contribution is 5.50. The van der Waals surface area contributed by atoms with Gasteiger partial charge in [0.15, 0.2) is 0 Å². The smallest absolute Gasteiger partial charge is 0.249 e. The van der Waals surface area contributed by atoms with Gasteiger partial charge in [-0.3, -0.25) is 9.88 Å². The molecule has 1 atom stereocenters. The van der Waals surface area contributed by atoms with Gasteiger partial charge in [-0.1, -0.05) is 18.2 Å². The van der Waals surface area contributed by atoms with Crippen LogP contribution in [0.15, 0.2) is 53.2 Å². The van der Waals surface area contributed by atoms with Crippen LogP contribution in [0.1, 0.15) is 23.8 Å². The van der Waals surface area contributed by atoms with E-state index in [0.29, 0.717) is 18.3 Å². The third kappa shape index (κ3) is 3.05. The van der Waals surface area contributed by atoms with Gasteiger partial charge in [0.2, 0.25) is 11.8 Å². The maximum atomic E-state index is 13.8. The lowest BCUT2D eigenvalue weighted by Gasteiger charge is -2.15. The molecule has 1 aliphatic rings. The van der Waals surface area contributed by atoms with E-state index in [1.54, 1.807) is 18.5 Å². The molecule has 4 rings (SSSR count). The number of pyridine rings is 1. The molecule has 122 valence electrons. The summed E-state index contributed by atoms with van der Waals surface area (Å²) in [6, 6.07) is 10.6. The second-order valence-electron chi connectivity index (χ2n) is 6.00. The third-order valence-electron chi connectivity index (χ3n) is 4.32. The maximum Gasteiger partial charge on any atom is 0.249 e. The fourth-order valence-corrected chi connectivity index (χ4v) is 3.05. The quantitative estimate of drug-likeness (QED) is 0.737. The summed E-state index contributed by atoms with van der Waals surface area (Å²) < 4.78 is 19.6. The molecule has 0 bridgehead atoms. The van der Waals surface area contributed by atoms with Crippen LogP contribution in [-0.4, -0.2) is 33.2 Å². The lowest BCUT2D eigenvalue weighted by molar-refractivity contribution is 0.315. The monoisotopic (exact) mass is 324 g/mol. The predicted molar refractivity (Wildman–Crippen MR) is 86.6 cm³/mol. The van der Waals surface area contributed by atoms with Crippen molar-refractivity contribution in [2.75, 3.05) is 13.1 Å². The Morgan fingerprint density at radius 3 is 2.92 bits per heavy atom. The van der Waals surface area contributed by atoms with Crippen LogP contribution in [0.3, 0.4) is 0 Å². The molecule has 3 heterocycles. The second-order valence-corrected chi connectivity index (χ2v) is 6.00. The van der Waals surface area contributed by atoms with Crippen LogP contribution in [-0.2, 0) is 6.54 Å². The van der Waals surface area contributed by atoms with Crippen molar-refractivity contribution in [3.8, 4) is 11.5 Å². The summed E-state index contributed by atoms with van der Waals surface area (Å²) in [6.45, 7) is 2.29. The van der Waals surface area contributed by atoms with Gasteiger partial charge in [-0.15, -0.1) is 10.2 Å². The third-order valence-corrected chi connectivity index (χ3v) is 4.32. The summed E-state index contributed by atoms with van der Waals surface area (Å²) in [5, 5.41) is 8.31. The van der Waals surface area contributed by atoms with Crippen molar-refractivity contribution in [2.45, 2.75) is 18.9 Å². The lowest BCUT2D eigenvalue weighted by Crippen LogP contribution is -2.20. The van der Waals surface area contributed by atoms with E-state index in [-0.39, 0.29) is 11.7 Å². The van der Waals surface area contributed by atoms with Crippen molar-refractivity contribution in [3.63, 3.8) is 0 Å². The van der Waals surface area contributed by atoms with E-state index < -0.39 is 0 Å². The van der Waals surface area contributed by atoms with Gasteiger partial charge in [-0.25, -0.2) is 4.39 Å². The van der Waals surface area contributed by atoms with Crippen molar-refractivity contribution in [2.24, 2.45) is 0 Å². The van der Waals surface area contributed by atoms with Crippen LogP contribution in [0.2, 0.25) is 0 Å². The van der Waals surface area contributed by atoms with E-state index >= 15 is 0 Å². The normalized spacial score (nSPS) is 18.1. The molecule has 0 amide bonds. The summed E-state index contributed by atoms with van der Waals surface area (Å²) in [7, 11) is 0. The van der Waals surface area contributed by atoms with Gasteiger partial charge < -0.3 is 4.42 Å². The van der Waals surface area contributed by atoms with Gasteiger partial charge in [0, 0.05) is 31.0 Å². The molecule has 6 heteroatoms. The van der Waals surface area contributed by atoms with Crippen LogP contribution in [0.25, 0.3) is 11.5 Å². The fourth-order valence-electron chi connectivity index (χ4n) is 3.05. The minimum Gasteiger partial charge on any atom is -0.420 e. The molecule has 2 aromatic heterocycles. The Morgan fingerprint density at radius 1 is 1.17 bits per heavy atom. The first-order valence-corrected chi connectivity index (χ1v) is 7.99. The number of benzene rings is 1. The molecular weight excluding hydrogens is 307 g/mol. The highest BCUT2D eigenvalue weighted by Crippen LogP contribution is 2.29. The Hall–Kier alpha value is -2.60. The van der Waals surface area contributed by atoms with Gasteiger partial charge >= 0.3 is 0 Å². The summed E-state index contributed by atoms with van der Waals surface area (Å²) in [6.07, 6.45) is 4.35. The average Bonchev–Trinajstić information content (AvgIpc) is 3.27. The van der Waals surface area contributed by atoms with Crippen molar-refractivity contribution in [3.05, 3.63) is 66.1 Å². The van der Waals surface area contributed by atoms with Gasteiger partial charge in [-0.2, -0.15) is 0 Å². The molecule has 3 aromatic rings. The summed E-state index contributed by atoms with van der Waals surface area (Å²) in [5.41, 5.74) is 1.54. The number of halogens is 1. The SMILES string of the molecule is Fc1ccccc1CN1CCC(c2nnc(-c3cccnc3)o2)C1. The number of nitrogens with zero attached hydrogens (tertiary/aromatic N) is 4. The number of rotatable bonds is 4. The standard InChI is InChI=1S/C18H17FN4O/c19-16-6-2-1-4-14(16)11-23-9-7-15(12-23)18-22-21-17(24-18)13-5-3-8-20-10-13/h1-6,8,10,15H,7,9,11-12H2. The molecule has 0 radical (unpaired) electrons. The van der Waals surface area contributed by atoms with E-state index in [0.717, 1.165) is 30.6 Å². The van der Waals surface area contributed by atoms with Crippen molar-refractivity contribution in [1.29, 1.82) is 0 Å². The summed E-state index contributed by atoms with van der Waals surface area (Å²) in [4.78, 5) is 6.28. The zero-order valence-corrected chi connectivity index (χ0v) is 13.1. The highest BCUT2D eigenvalue weighted by Gasteiger charge is 2.28. The van der Waals surface area contributed by atoms with Crippen LogP contribution >= 0.6 is 0 Å². The van der Waals surface area contributed by atoms with E-state index in [9.17, 15) is 4.39 Å². The van der Waals surface area contributed by atoms with Crippen molar-refractivity contribution < 1.29 is 8.81 Å². The van der Waals surface area contributed by atoms with Crippen LogP contribution in [0.5, 0.6) is 0 Å². The zero-order chi connectivity index (χ0) is 16.4. The molecule has 1 aromatic carbocycles. The predicted octanol–water partition coefficient (Wildman–Crippen LogP) is 3.26. The first-order valence-electron chi connectivity index (χ1n) is 7.99. The lowest BCUT2D eigenvalue weighted by atomic mass is 10.1. The Bertz CT molecular complexity index is 821. The topological polar surface area (TPSA) is 55.1 Å². The Labute approximate surface area is 139 Å². The molecular formula is C18H17FN4O. The molecule has 1 aliphatic heterocycles.